The Bertz CT molecular complexity index is 1510. The van der Waals surface area contributed by atoms with Crippen LogP contribution >= 0.6 is 0 Å². The first kappa shape index (κ1) is 29.6. The maximum Gasteiger partial charge on any atom is 0.252 e. The molecule has 0 bridgehead atoms. The van der Waals surface area contributed by atoms with Crippen molar-refractivity contribution in [1.82, 2.24) is 5.32 Å². The summed E-state index contributed by atoms with van der Waals surface area (Å²) in [4.78, 5) is 19.2. The Labute approximate surface area is 246 Å². The van der Waals surface area contributed by atoms with E-state index in [1.165, 1.54) is 0 Å². The molecule has 2 atom stereocenters. The van der Waals surface area contributed by atoms with Gasteiger partial charge in [-0.1, -0.05) is 30.3 Å². The number of amides is 1. The SMILES string of the molecule is COc1cccc([C@H]2OC(c3ccc(OCCCO)cc3)=N[C@@]2(CCS(=O)(=O)c2ccccc2)C(=O)NCC2CC2)c1. The van der Waals surface area contributed by atoms with Gasteiger partial charge in [0.15, 0.2) is 21.5 Å². The number of nitrogens with zero attached hydrogens (tertiary/aromatic N) is 1. The van der Waals surface area contributed by atoms with Gasteiger partial charge in [-0.05, 0) is 72.9 Å². The van der Waals surface area contributed by atoms with E-state index in [0.717, 1.165) is 12.8 Å². The van der Waals surface area contributed by atoms with Crippen molar-refractivity contribution in [3.8, 4) is 11.5 Å². The highest BCUT2D eigenvalue weighted by Gasteiger charge is 2.53. The first-order chi connectivity index (χ1) is 20.3. The minimum absolute atomic E-state index is 0.0409. The van der Waals surface area contributed by atoms with Crippen molar-refractivity contribution >= 4 is 21.6 Å². The second-order valence-corrected chi connectivity index (χ2v) is 12.7. The van der Waals surface area contributed by atoms with Gasteiger partial charge in [-0.15, -0.1) is 0 Å². The average molecular weight is 593 g/mol. The molecule has 1 fully saturated rings. The highest BCUT2D eigenvalue weighted by molar-refractivity contribution is 7.91. The third-order valence-electron chi connectivity index (χ3n) is 7.53. The van der Waals surface area contributed by atoms with Crippen LogP contribution in [0.1, 0.15) is 42.9 Å². The minimum atomic E-state index is -3.72. The summed E-state index contributed by atoms with van der Waals surface area (Å²) in [6.07, 6.45) is 1.63. The number of ether oxygens (including phenoxy) is 3. The summed E-state index contributed by atoms with van der Waals surface area (Å²) < 4.78 is 44.4. The number of aliphatic hydroxyl groups excluding tert-OH is 1. The van der Waals surface area contributed by atoms with E-state index < -0.39 is 21.5 Å². The zero-order valence-corrected chi connectivity index (χ0v) is 24.4. The van der Waals surface area contributed by atoms with Crippen molar-refractivity contribution in [2.75, 3.05) is 32.6 Å². The average Bonchev–Trinajstić information content (AvgIpc) is 3.77. The second-order valence-electron chi connectivity index (χ2n) is 10.6. The van der Waals surface area contributed by atoms with Crippen LogP contribution in [0.4, 0.5) is 0 Å². The van der Waals surface area contributed by atoms with Crippen LogP contribution < -0.4 is 14.8 Å². The van der Waals surface area contributed by atoms with Gasteiger partial charge in [0.2, 0.25) is 5.90 Å². The van der Waals surface area contributed by atoms with E-state index in [9.17, 15) is 13.2 Å². The fourth-order valence-corrected chi connectivity index (χ4v) is 6.31. The summed E-state index contributed by atoms with van der Waals surface area (Å²) in [5.74, 6) is 1.19. The van der Waals surface area contributed by atoms with Gasteiger partial charge in [0.1, 0.15) is 11.5 Å². The van der Waals surface area contributed by atoms with Gasteiger partial charge in [-0.25, -0.2) is 13.4 Å². The first-order valence-corrected chi connectivity index (χ1v) is 15.8. The van der Waals surface area contributed by atoms with Crippen LogP contribution in [0.5, 0.6) is 11.5 Å². The van der Waals surface area contributed by atoms with Crippen molar-refractivity contribution < 1.29 is 32.5 Å². The molecule has 0 aromatic heterocycles. The Morgan fingerprint density at radius 2 is 1.81 bits per heavy atom. The number of nitrogens with one attached hydrogen (secondary N) is 1. The van der Waals surface area contributed by atoms with Gasteiger partial charge < -0.3 is 24.6 Å². The van der Waals surface area contributed by atoms with Gasteiger partial charge in [0.25, 0.3) is 5.91 Å². The number of aliphatic imine (C=N–C) groups is 1. The molecule has 3 aromatic carbocycles. The number of carbonyl (C=O) groups is 1. The third kappa shape index (κ3) is 6.77. The summed E-state index contributed by atoms with van der Waals surface area (Å²) in [6.45, 7) is 0.923. The number of rotatable bonds is 14. The van der Waals surface area contributed by atoms with Gasteiger partial charge in [0.05, 0.1) is 24.4 Å². The largest absolute Gasteiger partial charge is 0.497 e. The summed E-state index contributed by atoms with van der Waals surface area (Å²) in [5, 5.41) is 12.1. The molecule has 1 saturated carbocycles. The molecule has 2 aliphatic rings. The second kappa shape index (κ2) is 13.0. The fourth-order valence-electron chi connectivity index (χ4n) is 4.92. The molecule has 42 heavy (non-hydrogen) atoms. The summed E-state index contributed by atoms with van der Waals surface area (Å²) >= 11 is 0. The van der Waals surface area contributed by atoms with E-state index in [4.69, 9.17) is 24.3 Å². The molecule has 0 saturated heterocycles. The van der Waals surface area contributed by atoms with E-state index in [0.29, 0.717) is 48.1 Å². The van der Waals surface area contributed by atoms with Crippen molar-refractivity contribution in [3.63, 3.8) is 0 Å². The Balaban J connectivity index is 1.53. The van der Waals surface area contributed by atoms with Crippen molar-refractivity contribution in [2.45, 2.75) is 42.2 Å². The Kier molecular flexibility index (Phi) is 9.13. The molecule has 1 amide bonds. The first-order valence-electron chi connectivity index (χ1n) is 14.2. The zero-order chi connectivity index (χ0) is 29.6. The molecule has 0 radical (unpaired) electrons. The number of carbonyl (C=O) groups excluding carboxylic acids is 1. The van der Waals surface area contributed by atoms with E-state index in [1.54, 1.807) is 73.8 Å². The molecule has 0 spiro atoms. The highest BCUT2D eigenvalue weighted by Crippen LogP contribution is 2.44. The van der Waals surface area contributed by atoms with E-state index in [2.05, 4.69) is 5.32 Å². The maximum atomic E-state index is 14.1. The van der Waals surface area contributed by atoms with Crippen molar-refractivity contribution in [2.24, 2.45) is 10.9 Å². The number of methoxy groups -OCH3 is 1. The molecule has 222 valence electrons. The normalized spacial score (nSPS) is 20.0. The minimum Gasteiger partial charge on any atom is -0.497 e. The quantitative estimate of drug-likeness (QED) is 0.270. The number of hydrogen-bond donors (Lipinski definition) is 2. The molecule has 9 nitrogen and oxygen atoms in total. The number of benzene rings is 3. The molecule has 5 rings (SSSR count). The lowest BCUT2D eigenvalue weighted by Crippen LogP contribution is -2.49. The van der Waals surface area contributed by atoms with E-state index >= 15 is 0 Å². The van der Waals surface area contributed by atoms with Gasteiger partial charge in [-0.2, -0.15) is 0 Å². The topological polar surface area (TPSA) is 124 Å². The van der Waals surface area contributed by atoms with Crippen LogP contribution in [0, 0.1) is 5.92 Å². The van der Waals surface area contributed by atoms with Gasteiger partial charge >= 0.3 is 0 Å². The summed E-state index contributed by atoms with van der Waals surface area (Å²) in [5.41, 5.74) is -0.273. The predicted octanol–water partition coefficient (Wildman–Crippen LogP) is 4.10. The number of sulfone groups is 1. The smallest absolute Gasteiger partial charge is 0.252 e. The molecule has 3 aromatic rings. The standard InChI is InChI=1S/C32H36N2O7S/c1-39-27-8-5-7-25(21-27)29-32(31(36)33-22-23-11-12-23,17-20-42(37,38)28-9-3-2-4-10-28)34-30(41-29)24-13-15-26(16-14-24)40-19-6-18-35/h2-5,7-10,13-16,21,23,29,35H,6,11-12,17-20,22H2,1H3,(H,33,36)/t29-,32-/m1/s1. The lowest BCUT2D eigenvalue weighted by Gasteiger charge is -2.30. The third-order valence-corrected chi connectivity index (χ3v) is 9.26. The fraction of sp³-hybridized carbons (Fsp3) is 0.375. The molecular formula is C32H36N2O7S. The maximum absolute atomic E-state index is 14.1. The molecule has 2 N–H and O–H groups in total. The monoisotopic (exact) mass is 592 g/mol. The summed E-state index contributed by atoms with van der Waals surface area (Å²) in [6, 6.07) is 22.6. The Morgan fingerprint density at radius 3 is 2.50 bits per heavy atom. The van der Waals surface area contributed by atoms with Crippen LogP contribution in [0.2, 0.25) is 0 Å². The van der Waals surface area contributed by atoms with Crippen molar-refractivity contribution in [3.05, 3.63) is 90.0 Å². The highest BCUT2D eigenvalue weighted by atomic mass is 32.2. The van der Waals surface area contributed by atoms with E-state index in [-0.39, 0.29) is 35.5 Å². The van der Waals surface area contributed by atoms with Crippen LogP contribution in [0.15, 0.2) is 88.8 Å². The number of aliphatic hydroxyl groups is 1. The van der Waals surface area contributed by atoms with Gasteiger partial charge in [-0.3, -0.25) is 4.79 Å². The van der Waals surface area contributed by atoms with Gasteiger partial charge in [0, 0.05) is 31.6 Å². The van der Waals surface area contributed by atoms with Crippen LogP contribution in [-0.2, 0) is 19.4 Å². The molecule has 10 heteroatoms. The summed E-state index contributed by atoms with van der Waals surface area (Å²) in [7, 11) is -2.16. The van der Waals surface area contributed by atoms with Crippen LogP contribution in [0.25, 0.3) is 0 Å². The Hall–Kier alpha value is -3.89. The Morgan fingerprint density at radius 1 is 1.05 bits per heavy atom. The van der Waals surface area contributed by atoms with Crippen LogP contribution in [0.3, 0.4) is 0 Å². The predicted molar refractivity (Wildman–Crippen MR) is 159 cm³/mol. The lowest BCUT2D eigenvalue weighted by molar-refractivity contribution is -0.129. The van der Waals surface area contributed by atoms with E-state index in [1.807, 2.05) is 12.1 Å². The van der Waals surface area contributed by atoms with Crippen molar-refractivity contribution in [1.29, 1.82) is 0 Å². The molecular weight excluding hydrogens is 556 g/mol. The van der Waals surface area contributed by atoms with Crippen LogP contribution in [-0.4, -0.2) is 63.5 Å². The molecule has 1 aliphatic heterocycles. The number of hydrogen-bond acceptors (Lipinski definition) is 8. The zero-order valence-electron chi connectivity index (χ0n) is 23.6. The molecule has 0 unspecified atom stereocenters. The molecule has 1 aliphatic carbocycles. The lowest BCUT2D eigenvalue weighted by atomic mass is 9.85. The molecule has 1 heterocycles.